The predicted octanol–water partition coefficient (Wildman–Crippen LogP) is 7.60. The maximum atomic E-state index is 15.5. The highest BCUT2D eigenvalue weighted by Crippen LogP contribution is 2.68. The molecule has 2 amide bonds. The van der Waals surface area contributed by atoms with E-state index in [0.29, 0.717) is 12.3 Å². The number of carbonyl (C=O) groups excluding carboxylic acids is 2. The Hall–Kier alpha value is -5.74. The molecule has 1 N–H and O–H groups in total. The number of nitrogens with zero attached hydrogens (tertiary/aromatic N) is 6. The molecule has 3 heterocycles. The number of pyridine rings is 1. The van der Waals surface area contributed by atoms with E-state index in [1.165, 1.54) is 19.9 Å². The first-order valence-corrected chi connectivity index (χ1v) is 23.6. The fourth-order valence-corrected chi connectivity index (χ4v) is 9.32. The number of fused-ring (bicyclic) bond motifs is 4. The number of alkyl halides is 8. The molecule has 3 aromatic heterocycles. The average Bonchev–Trinajstić information content (AvgIpc) is 3.68. The number of sulfonamides is 1. The number of benzene rings is 2. The van der Waals surface area contributed by atoms with Gasteiger partial charge in [0.25, 0.3) is 5.92 Å². The van der Waals surface area contributed by atoms with Crippen LogP contribution in [0.15, 0.2) is 42.5 Å². The van der Waals surface area contributed by atoms with E-state index in [2.05, 4.69) is 32.3 Å². The summed E-state index contributed by atoms with van der Waals surface area (Å²) in [7, 11) is -8.50. The standard InChI is InChI=1S/C41H34ClF10N7O6S2/c1-19(60)59(67(5,64)65)37-32-28(42)9-8-25(34(32)58(56-37)18-39(45,46)47)24-7-6-23(10-11-38(2,3)66(4,62)63)53-33(24)29(14-20-12-21(43)15-22(44)13-20)54-30(61)17-57-36-31(35(55-57)41(50,51)52)26-16-27(26)40(36,48)49/h6-9,12-13,15,26-27,29H,14,16-18H2,1-5H3,(H,54,61)/t26-,27?,29-/m0/s1. The molecule has 67 heavy (non-hydrogen) atoms. The lowest BCUT2D eigenvalue weighted by atomic mass is 9.93. The molecule has 0 spiro atoms. The SMILES string of the molecule is CC(=O)N(c1nn(CC(F)(F)F)c2c(-c3ccc(C#CC(C)(C)S(C)(=O)=O)nc3[C@H](Cc3cc(F)cc(F)c3)NC(=O)Cn3nc(C(F)(F)F)c4c3C(F)(F)C3C[C@H]43)ccc(Cl)c12)S(C)(=O)=O. The zero-order valence-corrected chi connectivity index (χ0v) is 37.6. The largest absolute Gasteiger partial charge is 0.435 e. The van der Waals surface area contributed by atoms with Crippen LogP contribution in [0.25, 0.3) is 22.0 Å². The van der Waals surface area contributed by atoms with Gasteiger partial charge in [-0.2, -0.15) is 49.6 Å². The number of amides is 2. The fraction of sp³-hybridized carbons (Fsp3) is 0.390. The van der Waals surface area contributed by atoms with Gasteiger partial charge in [0.2, 0.25) is 21.8 Å². The monoisotopic (exact) mass is 1010 g/mol. The topological polar surface area (TPSA) is 166 Å². The number of aromatic nitrogens is 5. The van der Waals surface area contributed by atoms with Crippen LogP contribution in [0.3, 0.4) is 0 Å². The normalized spacial score (nSPS) is 17.4. The molecule has 13 nitrogen and oxygen atoms in total. The van der Waals surface area contributed by atoms with Crippen molar-refractivity contribution >= 4 is 60.0 Å². The fourth-order valence-electron chi connectivity index (χ4n) is 7.94. The number of sulfone groups is 1. The van der Waals surface area contributed by atoms with Crippen molar-refractivity contribution in [1.29, 1.82) is 0 Å². The average molecular weight is 1010 g/mol. The minimum Gasteiger partial charge on any atom is -0.346 e. The third-order valence-corrected chi connectivity index (χ3v) is 14.5. The Balaban J connectivity index is 1.48. The van der Waals surface area contributed by atoms with E-state index in [9.17, 15) is 61.5 Å². The van der Waals surface area contributed by atoms with E-state index in [1.54, 1.807) is 0 Å². The van der Waals surface area contributed by atoms with Crippen molar-refractivity contribution in [2.45, 2.75) is 81.7 Å². The van der Waals surface area contributed by atoms with Crippen LogP contribution in [-0.4, -0.2) is 76.6 Å². The Morgan fingerprint density at radius 3 is 2.15 bits per heavy atom. The minimum absolute atomic E-state index is 0.101. The minimum atomic E-state index is -5.21. The van der Waals surface area contributed by atoms with Crippen LogP contribution in [-0.2, 0) is 61.1 Å². The molecule has 0 saturated heterocycles. The molecule has 7 rings (SSSR count). The number of hydrogen-bond donors (Lipinski definition) is 1. The second-order valence-corrected chi connectivity index (χ2v) is 21.4. The van der Waals surface area contributed by atoms with Crippen LogP contribution < -0.4 is 9.62 Å². The van der Waals surface area contributed by atoms with Crippen LogP contribution in [0.4, 0.5) is 49.7 Å². The summed E-state index contributed by atoms with van der Waals surface area (Å²) >= 11 is 6.53. The molecule has 1 unspecified atom stereocenters. The number of nitrogens with one attached hydrogen (secondary N) is 1. The Morgan fingerprint density at radius 1 is 0.955 bits per heavy atom. The maximum absolute atomic E-state index is 15.5. The Bertz CT molecular complexity index is 3180. The van der Waals surface area contributed by atoms with Gasteiger partial charge in [0.05, 0.1) is 33.9 Å². The highest BCUT2D eigenvalue weighted by Gasteiger charge is 2.68. The molecular weight excluding hydrogens is 976 g/mol. The first-order valence-electron chi connectivity index (χ1n) is 19.5. The third-order valence-electron chi connectivity index (χ3n) is 11.1. The molecule has 5 aromatic rings. The van der Waals surface area contributed by atoms with E-state index >= 15 is 8.78 Å². The Kier molecular flexibility index (Phi) is 12.1. The first-order chi connectivity index (χ1) is 30.7. The molecule has 0 aliphatic heterocycles. The van der Waals surface area contributed by atoms with E-state index in [4.69, 9.17) is 11.6 Å². The molecule has 1 saturated carbocycles. The van der Waals surface area contributed by atoms with Crippen LogP contribution in [0.5, 0.6) is 0 Å². The van der Waals surface area contributed by atoms with Gasteiger partial charge >= 0.3 is 12.4 Å². The summed E-state index contributed by atoms with van der Waals surface area (Å²) in [6.07, 6.45) is -9.77. The van der Waals surface area contributed by atoms with Gasteiger partial charge in [0.1, 0.15) is 40.9 Å². The van der Waals surface area contributed by atoms with Crippen LogP contribution in [0.2, 0.25) is 5.02 Å². The summed E-state index contributed by atoms with van der Waals surface area (Å²) in [5, 5.41) is 8.71. The van der Waals surface area contributed by atoms with Crippen molar-refractivity contribution < 1.29 is 70.3 Å². The second kappa shape index (κ2) is 16.5. The Labute approximate surface area is 379 Å². The molecule has 2 aromatic carbocycles. The van der Waals surface area contributed by atoms with Crippen molar-refractivity contribution in [3.8, 4) is 23.0 Å². The zero-order chi connectivity index (χ0) is 49.7. The molecule has 26 heteroatoms. The number of anilines is 1. The van der Waals surface area contributed by atoms with E-state index < -0.39 is 148 Å². The smallest absolute Gasteiger partial charge is 0.346 e. The van der Waals surface area contributed by atoms with Gasteiger partial charge in [-0.15, -0.1) is 0 Å². The lowest BCUT2D eigenvalue weighted by molar-refractivity contribution is -0.143. The molecule has 0 radical (unpaired) electrons. The van der Waals surface area contributed by atoms with Crippen LogP contribution in [0.1, 0.15) is 73.1 Å². The number of halogens is 11. The quantitative estimate of drug-likeness (QED) is 0.104. The van der Waals surface area contributed by atoms with Crippen LogP contribution in [0, 0.1) is 29.4 Å². The van der Waals surface area contributed by atoms with Gasteiger partial charge in [-0.1, -0.05) is 23.6 Å². The van der Waals surface area contributed by atoms with Gasteiger partial charge in [-0.05, 0) is 74.4 Å². The van der Waals surface area contributed by atoms with Crippen molar-refractivity contribution in [3.63, 3.8) is 0 Å². The summed E-state index contributed by atoms with van der Waals surface area (Å²) in [5.74, 6) is -7.05. The first kappa shape index (κ1) is 49.2. The molecule has 1 fully saturated rings. The molecule has 358 valence electrons. The van der Waals surface area contributed by atoms with E-state index in [-0.39, 0.29) is 42.5 Å². The second-order valence-electron chi connectivity index (χ2n) is 16.6. The number of rotatable bonds is 11. The van der Waals surface area contributed by atoms with Crippen LogP contribution >= 0.6 is 11.6 Å². The molecule has 0 bridgehead atoms. The van der Waals surface area contributed by atoms with Gasteiger partial charge < -0.3 is 5.32 Å². The lowest BCUT2D eigenvalue weighted by Gasteiger charge is -2.23. The molecule has 3 atom stereocenters. The number of hydrogen-bond acceptors (Lipinski definition) is 9. The molecule has 2 aliphatic rings. The summed E-state index contributed by atoms with van der Waals surface area (Å²) in [5.41, 5.74) is -5.66. The van der Waals surface area contributed by atoms with Gasteiger partial charge in [-0.3, -0.25) is 19.0 Å². The highest BCUT2D eigenvalue weighted by atomic mass is 35.5. The molecule has 2 aliphatic carbocycles. The van der Waals surface area contributed by atoms with Gasteiger partial charge in [-0.25, -0.2) is 30.6 Å². The predicted molar refractivity (Wildman–Crippen MR) is 221 cm³/mol. The summed E-state index contributed by atoms with van der Waals surface area (Å²) in [6, 6.07) is 4.90. The van der Waals surface area contributed by atoms with Crippen molar-refractivity contribution in [2.75, 3.05) is 16.8 Å². The summed E-state index contributed by atoms with van der Waals surface area (Å²) < 4.78 is 196. The molecular formula is C41H34ClF10N7O6S2. The van der Waals surface area contributed by atoms with Crippen molar-refractivity contribution in [1.82, 2.24) is 29.9 Å². The third kappa shape index (κ3) is 9.56. The maximum Gasteiger partial charge on any atom is 0.435 e. The van der Waals surface area contributed by atoms with Crippen molar-refractivity contribution in [2.24, 2.45) is 5.92 Å². The van der Waals surface area contributed by atoms with Crippen molar-refractivity contribution in [3.05, 3.63) is 93.0 Å². The summed E-state index contributed by atoms with van der Waals surface area (Å²) in [4.78, 5) is 31.3. The van der Waals surface area contributed by atoms with E-state index in [1.807, 2.05) is 0 Å². The summed E-state index contributed by atoms with van der Waals surface area (Å²) in [6.45, 7) is 0.0642. The number of carbonyl (C=O) groups is 2. The van der Waals surface area contributed by atoms with E-state index in [0.717, 1.165) is 43.5 Å². The zero-order valence-electron chi connectivity index (χ0n) is 35.2. The Morgan fingerprint density at radius 2 is 1.58 bits per heavy atom. The van der Waals surface area contributed by atoms with Gasteiger partial charge in [0.15, 0.2) is 21.3 Å². The lowest BCUT2D eigenvalue weighted by Crippen LogP contribution is -2.35. The highest BCUT2D eigenvalue weighted by molar-refractivity contribution is 7.93. The van der Waals surface area contributed by atoms with Gasteiger partial charge in [0, 0.05) is 41.9 Å².